The van der Waals surface area contributed by atoms with Crippen LogP contribution in [-0.2, 0) is 6.54 Å². The average Bonchev–Trinajstić information content (AvgIpc) is 2.41. The maximum absolute atomic E-state index is 9.86. The molecular weight excluding hydrogens is 230 g/mol. The number of nitrogens with zero attached hydrogens (tertiary/aromatic N) is 1. The highest BCUT2D eigenvalue weighted by molar-refractivity contribution is 5.52. The van der Waals surface area contributed by atoms with Gasteiger partial charge in [-0.15, -0.1) is 0 Å². The maximum Gasteiger partial charge on any atom is 0.200 e. The number of methoxy groups -OCH3 is 2. The van der Waals surface area contributed by atoms with Crippen molar-refractivity contribution in [3.8, 4) is 17.2 Å². The van der Waals surface area contributed by atoms with Gasteiger partial charge in [-0.2, -0.15) is 0 Å². The zero-order chi connectivity index (χ0) is 13.0. The molecular formula is C14H21NO3. The summed E-state index contributed by atoms with van der Waals surface area (Å²) in [4.78, 5) is 2.43. The van der Waals surface area contributed by atoms with Crippen LogP contribution in [-0.4, -0.2) is 37.3 Å². The van der Waals surface area contributed by atoms with Crippen LogP contribution in [0.5, 0.6) is 17.2 Å². The molecule has 1 aliphatic heterocycles. The molecule has 1 aromatic rings. The van der Waals surface area contributed by atoms with Gasteiger partial charge in [-0.3, -0.25) is 4.90 Å². The highest BCUT2D eigenvalue weighted by Crippen LogP contribution is 2.37. The Morgan fingerprint density at radius 2 is 1.61 bits per heavy atom. The van der Waals surface area contributed by atoms with E-state index in [9.17, 15) is 5.11 Å². The molecule has 4 heteroatoms. The maximum atomic E-state index is 9.86. The summed E-state index contributed by atoms with van der Waals surface area (Å²) in [6, 6.07) is 3.76. The van der Waals surface area contributed by atoms with Crippen molar-refractivity contribution in [1.29, 1.82) is 0 Å². The number of hydrogen-bond donors (Lipinski definition) is 1. The number of phenolic OH excluding ortho intramolecular Hbond substituents is 1. The predicted octanol–water partition coefficient (Wildman–Crippen LogP) is 2.40. The fourth-order valence-electron chi connectivity index (χ4n) is 2.41. The molecule has 1 N–H and O–H groups in total. The molecule has 1 aliphatic rings. The number of likely N-dealkylation sites (tertiary alicyclic amines) is 1. The summed E-state index contributed by atoms with van der Waals surface area (Å²) in [6.07, 6.45) is 3.87. The summed E-state index contributed by atoms with van der Waals surface area (Å²) in [5.74, 6) is 1.02. The number of benzene rings is 1. The van der Waals surface area contributed by atoms with Gasteiger partial charge in [0, 0.05) is 6.54 Å². The first kappa shape index (κ1) is 13.0. The van der Waals surface area contributed by atoms with Crippen molar-refractivity contribution >= 4 is 0 Å². The molecule has 1 heterocycles. The van der Waals surface area contributed by atoms with Crippen molar-refractivity contribution in [2.24, 2.45) is 0 Å². The zero-order valence-electron chi connectivity index (χ0n) is 11.1. The minimum absolute atomic E-state index is 0.0717. The van der Waals surface area contributed by atoms with Gasteiger partial charge < -0.3 is 14.6 Å². The van der Waals surface area contributed by atoms with Gasteiger partial charge in [0.1, 0.15) is 0 Å². The van der Waals surface area contributed by atoms with Gasteiger partial charge >= 0.3 is 0 Å². The Balaban J connectivity index is 2.16. The molecule has 18 heavy (non-hydrogen) atoms. The summed E-state index contributed by atoms with van der Waals surface area (Å²) in [5.41, 5.74) is 1.11. The van der Waals surface area contributed by atoms with Crippen molar-refractivity contribution in [2.45, 2.75) is 25.8 Å². The van der Waals surface area contributed by atoms with Crippen molar-refractivity contribution < 1.29 is 14.6 Å². The molecule has 1 aromatic carbocycles. The third kappa shape index (κ3) is 2.88. The SMILES string of the molecule is COc1cc(CN2CCCCC2)cc(OC)c1O. The molecule has 1 fully saturated rings. The molecule has 0 atom stereocenters. The van der Waals surface area contributed by atoms with E-state index >= 15 is 0 Å². The van der Waals surface area contributed by atoms with Crippen molar-refractivity contribution in [3.63, 3.8) is 0 Å². The first-order chi connectivity index (χ1) is 8.74. The van der Waals surface area contributed by atoms with E-state index in [2.05, 4.69) is 4.90 Å². The Kier molecular flexibility index (Phi) is 4.31. The van der Waals surface area contributed by atoms with E-state index in [4.69, 9.17) is 9.47 Å². The second kappa shape index (κ2) is 5.96. The van der Waals surface area contributed by atoms with Gasteiger partial charge in [0.15, 0.2) is 11.5 Å². The first-order valence-electron chi connectivity index (χ1n) is 6.41. The van der Waals surface area contributed by atoms with Gasteiger partial charge in [0.25, 0.3) is 0 Å². The van der Waals surface area contributed by atoms with Crippen LogP contribution in [0.2, 0.25) is 0 Å². The van der Waals surface area contributed by atoms with E-state index in [0.29, 0.717) is 11.5 Å². The van der Waals surface area contributed by atoms with Crippen LogP contribution in [0.25, 0.3) is 0 Å². The molecule has 1 saturated heterocycles. The lowest BCUT2D eigenvalue weighted by Gasteiger charge is -2.26. The van der Waals surface area contributed by atoms with Gasteiger partial charge in [-0.25, -0.2) is 0 Å². The van der Waals surface area contributed by atoms with Crippen LogP contribution in [0, 0.1) is 0 Å². The Hall–Kier alpha value is -1.42. The number of piperidine rings is 1. The monoisotopic (exact) mass is 251 g/mol. The fourth-order valence-corrected chi connectivity index (χ4v) is 2.41. The molecule has 100 valence electrons. The minimum atomic E-state index is 0.0717. The topological polar surface area (TPSA) is 41.9 Å². The number of rotatable bonds is 4. The summed E-state index contributed by atoms with van der Waals surface area (Å²) >= 11 is 0. The summed E-state index contributed by atoms with van der Waals surface area (Å²) in [5, 5.41) is 9.86. The molecule has 0 aliphatic carbocycles. The number of hydrogen-bond acceptors (Lipinski definition) is 4. The van der Waals surface area contributed by atoms with Crippen LogP contribution >= 0.6 is 0 Å². The standard InChI is InChI=1S/C14H21NO3/c1-17-12-8-11(9-13(18-2)14(12)16)10-15-6-4-3-5-7-15/h8-9,16H,3-7,10H2,1-2H3. The highest BCUT2D eigenvalue weighted by Gasteiger charge is 2.15. The summed E-state index contributed by atoms with van der Waals surface area (Å²) in [6.45, 7) is 3.17. The molecule has 0 spiro atoms. The van der Waals surface area contributed by atoms with Gasteiger partial charge in [-0.1, -0.05) is 6.42 Å². The Bertz CT molecular complexity index is 375. The van der Waals surface area contributed by atoms with E-state index in [1.165, 1.54) is 19.3 Å². The van der Waals surface area contributed by atoms with E-state index in [1.54, 1.807) is 14.2 Å². The van der Waals surface area contributed by atoms with Crippen LogP contribution in [0.1, 0.15) is 24.8 Å². The normalized spacial score (nSPS) is 16.6. The van der Waals surface area contributed by atoms with E-state index in [0.717, 1.165) is 25.2 Å². The molecule has 0 bridgehead atoms. The third-order valence-electron chi connectivity index (χ3n) is 3.39. The van der Waals surface area contributed by atoms with Gasteiger partial charge in [-0.05, 0) is 43.6 Å². The van der Waals surface area contributed by atoms with Crippen molar-refractivity contribution in [2.75, 3.05) is 27.3 Å². The molecule has 0 radical (unpaired) electrons. The summed E-state index contributed by atoms with van der Waals surface area (Å²) in [7, 11) is 3.11. The second-order valence-electron chi connectivity index (χ2n) is 4.69. The summed E-state index contributed by atoms with van der Waals surface area (Å²) < 4.78 is 10.3. The number of phenols is 1. The lowest BCUT2D eigenvalue weighted by atomic mass is 10.1. The molecule has 0 amide bonds. The van der Waals surface area contributed by atoms with Crippen LogP contribution in [0.4, 0.5) is 0 Å². The quantitative estimate of drug-likeness (QED) is 0.892. The third-order valence-corrected chi connectivity index (χ3v) is 3.39. The molecule has 2 rings (SSSR count). The largest absolute Gasteiger partial charge is 0.502 e. The predicted molar refractivity (Wildman–Crippen MR) is 70.3 cm³/mol. The van der Waals surface area contributed by atoms with E-state index in [-0.39, 0.29) is 5.75 Å². The molecule has 4 nitrogen and oxygen atoms in total. The minimum Gasteiger partial charge on any atom is -0.502 e. The Morgan fingerprint density at radius 3 is 2.11 bits per heavy atom. The van der Waals surface area contributed by atoms with Crippen LogP contribution < -0.4 is 9.47 Å². The van der Waals surface area contributed by atoms with E-state index in [1.807, 2.05) is 12.1 Å². The number of aromatic hydroxyl groups is 1. The van der Waals surface area contributed by atoms with Crippen LogP contribution in [0.15, 0.2) is 12.1 Å². The van der Waals surface area contributed by atoms with E-state index < -0.39 is 0 Å². The first-order valence-corrected chi connectivity index (χ1v) is 6.41. The smallest absolute Gasteiger partial charge is 0.200 e. The molecule has 0 saturated carbocycles. The second-order valence-corrected chi connectivity index (χ2v) is 4.69. The zero-order valence-corrected chi connectivity index (χ0v) is 11.1. The average molecular weight is 251 g/mol. The van der Waals surface area contributed by atoms with Gasteiger partial charge in [0.2, 0.25) is 5.75 Å². The lowest BCUT2D eigenvalue weighted by Crippen LogP contribution is -2.29. The fraction of sp³-hybridized carbons (Fsp3) is 0.571. The molecule has 0 unspecified atom stereocenters. The Morgan fingerprint density at radius 1 is 1.06 bits per heavy atom. The molecule has 0 aromatic heterocycles. The van der Waals surface area contributed by atoms with Crippen molar-refractivity contribution in [3.05, 3.63) is 17.7 Å². The van der Waals surface area contributed by atoms with Crippen LogP contribution in [0.3, 0.4) is 0 Å². The van der Waals surface area contributed by atoms with Crippen molar-refractivity contribution in [1.82, 2.24) is 4.90 Å². The highest BCUT2D eigenvalue weighted by atomic mass is 16.5. The number of ether oxygens (including phenoxy) is 2. The Labute approximate surface area is 108 Å². The lowest BCUT2D eigenvalue weighted by molar-refractivity contribution is 0.220. The van der Waals surface area contributed by atoms with Gasteiger partial charge in [0.05, 0.1) is 14.2 Å².